The van der Waals surface area contributed by atoms with Gasteiger partial charge in [-0.1, -0.05) is 17.7 Å². The Hall–Kier alpha value is -3.54. The highest BCUT2D eigenvalue weighted by molar-refractivity contribution is 6.34. The molecule has 0 unspecified atom stereocenters. The molecule has 4 rings (SSSR count). The molecule has 0 saturated carbocycles. The van der Waals surface area contributed by atoms with Gasteiger partial charge in [-0.05, 0) is 29.8 Å². The minimum atomic E-state index is -1.21. The summed E-state index contributed by atoms with van der Waals surface area (Å²) in [5.41, 5.74) is 0.568. The van der Waals surface area contributed by atoms with Crippen LogP contribution in [0, 0.1) is 11.6 Å². The maximum atomic E-state index is 13.4. The number of carbonyl (C=O) groups is 2. The highest BCUT2D eigenvalue weighted by Crippen LogP contribution is 2.21. The Morgan fingerprint density at radius 2 is 1.85 bits per heavy atom. The minimum absolute atomic E-state index is 0. The monoisotopic (exact) mass is 529 g/mol. The number of carbonyl (C=O) groups excluding carboxylic acids is 2. The van der Waals surface area contributed by atoms with E-state index in [2.05, 4.69) is 30.9 Å². The summed E-state index contributed by atoms with van der Waals surface area (Å²) in [7, 11) is 0. The molecule has 178 valence electrons. The van der Waals surface area contributed by atoms with Crippen LogP contribution in [0.2, 0.25) is 5.02 Å². The number of benzene rings is 1. The van der Waals surface area contributed by atoms with Crippen molar-refractivity contribution in [2.24, 2.45) is 0 Å². The predicted molar refractivity (Wildman–Crippen MR) is 125 cm³/mol. The van der Waals surface area contributed by atoms with Crippen LogP contribution in [-0.2, 0) is 6.54 Å². The second-order valence-corrected chi connectivity index (χ2v) is 6.93. The molecule has 0 spiro atoms. The van der Waals surface area contributed by atoms with Crippen molar-refractivity contribution in [2.75, 3.05) is 5.32 Å². The Labute approximate surface area is 208 Å². The fourth-order valence-electron chi connectivity index (χ4n) is 2.72. The molecule has 2 amide bonds. The third kappa shape index (κ3) is 6.07. The van der Waals surface area contributed by atoms with E-state index < -0.39 is 23.4 Å². The van der Waals surface area contributed by atoms with Crippen molar-refractivity contribution < 1.29 is 18.4 Å². The van der Waals surface area contributed by atoms with E-state index in [-0.39, 0.29) is 53.5 Å². The topological polar surface area (TPSA) is 118 Å². The van der Waals surface area contributed by atoms with Gasteiger partial charge in [0.15, 0.2) is 23.3 Å². The maximum absolute atomic E-state index is 13.4. The van der Waals surface area contributed by atoms with Gasteiger partial charge in [-0.25, -0.2) is 18.4 Å². The summed E-state index contributed by atoms with van der Waals surface area (Å²) in [5.74, 6) is -3.02. The van der Waals surface area contributed by atoms with E-state index in [1.54, 1.807) is 41.5 Å². The van der Waals surface area contributed by atoms with E-state index in [0.717, 1.165) is 5.56 Å². The molecule has 0 atom stereocenters. The molecule has 0 fully saturated rings. The highest BCUT2D eigenvalue weighted by atomic mass is 35.5. The number of rotatable bonds is 6. The zero-order chi connectivity index (χ0) is 22.7. The van der Waals surface area contributed by atoms with Crippen LogP contribution in [0.1, 0.15) is 26.4 Å². The summed E-state index contributed by atoms with van der Waals surface area (Å²) in [6.07, 6.45) is 5.02. The molecular formula is C20H16Cl3F2N7O2. The average molecular weight is 531 g/mol. The summed E-state index contributed by atoms with van der Waals surface area (Å²) < 4.78 is 28.2. The summed E-state index contributed by atoms with van der Waals surface area (Å²) in [4.78, 5) is 28.9. The van der Waals surface area contributed by atoms with E-state index in [1.165, 1.54) is 6.07 Å². The van der Waals surface area contributed by atoms with E-state index >= 15 is 0 Å². The average Bonchev–Trinajstić information content (AvgIpc) is 3.47. The Morgan fingerprint density at radius 3 is 2.53 bits per heavy atom. The standard InChI is InChI=1S/C20H14ClF2N7O2.2ClH/c21-13-7-15(23)14(22)6-12(13)19(31)27-17-8-16(28-29-17)20(32)25-10-11-2-3-18(24-9-11)30-5-1-4-26-30;;/h1-9H,10H2,(H,25,32)(H2,27,28,29,31);2*1H. The number of halogens is 5. The quantitative estimate of drug-likeness (QED) is 0.326. The largest absolute Gasteiger partial charge is 0.347 e. The summed E-state index contributed by atoms with van der Waals surface area (Å²) in [5, 5.41) is 15.2. The zero-order valence-corrected chi connectivity index (χ0v) is 19.3. The van der Waals surface area contributed by atoms with Crippen molar-refractivity contribution >= 4 is 54.0 Å². The smallest absolute Gasteiger partial charge is 0.269 e. The summed E-state index contributed by atoms with van der Waals surface area (Å²) in [6.45, 7) is 0.205. The fourth-order valence-corrected chi connectivity index (χ4v) is 2.96. The molecule has 0 aliphatic rings. The Kier molecular flexibility index (Phi) is 9.07. The van der Waals surface area contributed by atoms with Crippen LogP contribution in [-0.4, -0.2) is 36.8 Å². The van der Waals surface area contributed by atoms with Gasteiger partial charge in [0.1, 0.15) is 5.69 Å². The van der Waals surface area contributed by atoms with Crippen molar-refractivity contribution in [1.82, 2.24) is 30.3 Å². The van der Waals surface area contributed by atoms with Crippen LogP contribution in [0.25, 0.3) is 5.82 Å². The molecular weight excluding hydrogens is 515 g/mol. The predicted octanol–water partition coefficient (Wildman–Crippen LogP) is 3.95. The van der Waals surface area contributed by atoms with Gasteiger partial charge in [0, 0.05) is 31.2 Å². The Bertz CT molecular complexity index is 1280. The molecule has 14 heteroatoms. The molecule has 0 radical (unpaired) electrons. The maximum Gasteiger partial charge on any atom is 0.269 e. The van der Waals surface area contributed by atoms with Gasteiger partial charge in [0.05, 0.1) is 10.6 Å². The number of anilines is 1. The number of nitrogens with one attached hydrogen (secondary N) is 3. The number of H-pyrrole nitrogens is 1. The first-order valence-electron chi connectivity index (χ1n) is 9.15. The van der Waals surface area contributed by atoms with E-state index in [4.69, 9.17) is 11.6 Å². The molecule has 0 aliphatic heterocycles. The number of hydrogen-bond donors (Lipinski definition) is 3. The lowest BCUT2D eigenvalue weighted by Crippen LogP contribution is -2.23. The molecule has 0 saturated heterocycles. The Balaban J connectivity index is 0.00000204. The van der Waals surface area contributed by atoms with Crippen LogP contribution in [0.4, 0.5) is 14.6 Å². The lowest BCUT2D eigenvalue weighted by Gasteiger charge is -2.05. The van der Waals surface area contributed by atoms with Gasteiger partial charge in [-0.2, -0.15) is 10.2 Å². The van der Waals surface area contributed by atoms with Crippen molar-refractivity contribution in [3.05, 3.63) is 88.5 Å². The SMILES string of the molecule is Cl.Cl.O=C(NCc1ccc(-n2cccn2)nc1)c1cc(NC(=O)c2cc(F)c(F)cc2Cl)n[nH]1. The second-order valence-electron chi connectivity index (χ2n) is 6.53. The minimum Gasteiger partial charge on any atom is -0.347 e. The van der Waals surface area contributed by atoms with Crippen molar-refractivity contribution in [1.29, 1.82) is 0 Å². The third-order valence-electron chi connectivity index (χ3n) is 4.32. The van der Waals surface area contributed by atoms with Crippen molar-refractivity contribution in [3.8, 4) is 5.82 Å². The first-order chi connectivity index (χ1) is 15.4. The molecule has 0 aliphatic carbocycles. The molecule has 3 heterocycles. The number of pyridine rings is 1. The number of hydrogen-bond acceptors (Lipinski definition) is 5. The van der Waals surface area contributed by atoms with Crippen LogP contribution < -0.4 is 10.6 Å². The van der Waals surface area contributed by atoms with Gasteiger partial charge < -0.3 is 10.6 Å². The molecule has 34 heavy (non-hydrogen) atoms. The lowest BCUT2D eigenvalue weighted by atomic mass is 10.2. The molecule has 4 aromatic rings. The molecule has 3 N–H and O–H groups in total. The second kappa shape index (κ2) is 11.5. The molecule has 0 bridgehead atoms. The van der Waals surface area contributed by atoms with Gasteiger partial charge in [-0.15, -0.1) is 24.8 Å². The summed E-state index contributed by atoms with van der Waals surface area (Å²) >= 11 is 5.79. The first kappa shape index (κ1) is 26.7. The van der Waals surface area contributed by atoms with E-state index in [9.17, 15) is 18.4 Å². The third-order valence-corrected chi connectivity index (χ3v) is 4.63. The lowest BCUT2D eigenvalue weighted by molar-refractivity contribution is 0.0945. The Morgan fingerprint density at radius 1 is 1.09 bits per heavy atom. The van der Waals surface area contributed by atoms with Crippen LogP contribution >= 0.6 is 36.4 Å². The van der Waals surface area contributed by atoms with Gasteiger partial charge >= 0.3 is 0 Å². The van der Waals surface area contributed by atoms with E-state index in [0.29, 0.717) is 18.0 Å². The van der Waals surface area contributed by atoms with E-state index in [1.807, 2.05) is 0 Å². The fraction of sp³-hybridized carbons (Fsp3) is 0.0500. The molecule has 9 nitrogen and oxygen atoms in total. The van der Waals surface area contributed by atoms with Crippen LogP contribution in [0.15, 0.2) is 55.0 Å². The highest BCUT2D eigenvalue weighted by Gasteiger charge is 2.17. The number of aromatic amines is 1. The number of nitrogens with zero attached hydrogens (tertiary/aromatic N) is 4. The number of aromatic nitrogens is 5. The summed E-state index contributed by atoms with van der Waals surface area (Å²) in [6, 6.07) is 8.02. The van der Waals surface area contributed by atoms with Gasteiger partial charge in [0.2, 0.25) is 0 Å². The van der Waals surface area contributed by atoms with Crippen molar-refractivity contribution in [2.45, 2.75) is 6.54 Å². The number of amides is 2. The van der Waals surface area contributed by atoms with Crippen LogP contribution in [0.5, 0.6) is 0 Å². The van der Waals surface area contributed by atoms with Crippen LogP contribution in [0.3, 0.4) is 0 Å². The molecule has 1 aromatic carbocycles. The van der Waals surface area contributed by atoms with Gasteiger partial charge in [0.25, 0.3) is 11.8 Å². The van der Waals surface area contributed by atoms with Gasteiger partial charge in [-0.3, -0.25) is 14.7 Å². The molecule has 3 aromatic heterocycles. The first-order valence-corrected chi connectivity index (χ1v) is 9.53. The zero-order valence-electron chi connectivity index (χ0n) is 17.0. The normalized spacial score (nSPS) is 10.1. The van der Waals surface area contributed by atoms with Crippen molar-refractivity contribution in [3.63, 3.8) is 0 Å².